The quantitative estimate of drug-likeness (QED) is 0.639. The van der Waals surface area contributed by atoms with Gasteiger partial charge in [0.05, 0.1) is 12.5 Å². The molecule has 0 bridgehead atoms. The topological polar surface area (TPSA) is 46.6 Å². The highest BCUT2D eigenvalue weighted by Crippen LogP contribution is 2.20. The molecule has 1 unspecified atom stereocenters. The van der Waals surface area contributed by atoms with Gasteiger partial charge in [0.25, 0.3) is 0 Å². The van der Waals surface area contributed by atoms with E-state index in [9.17, 15) is 9.59 Å². The van der Waals surface area contributed by atoms with Gasteiger partial charge in [-0.05, 0) is 25.7 Å². The Hall–Kier alpha value is -1.06. The van der Waals surface area contributed by atoms with E-state index in [1.165, 1.54) is 6.42 Å². The molecule has 0 aromatic heterocycles. The van der Waals surface area contributed by atoms with Gasteiger partial charge < -0.3 is 9.64 Å². The first-order chi connectivity index (χ1) is 7.27. The second-order valence-electron chi connectivity index (χ2n) is 4.30. The molecule has 2 aliphatic rings. The fraction of sp³-hybridized carbons (Fsp3) is 0.818. The van der Waals surface area contributed by atoms with Crippen LogP contribution in [0.15, 0.2) is 0 Å². The standard InChI is InChI=1S/C11H17NO3/c13-10(12-5-2-1-3-6-12)8-9-4-7-15-11(9)14/h9H,1-8H2. The molecular weight excluding hydrogens is 194 g/mol. The maximum Gasteiger partial charge on any atom is 0.309 e. The summed E-state index contributed by atoms with van der Waals surface area (Å²) in [7, 11) is 0. The highest BCUT2D eigenvalue weighted by atomic mass is 16.5. The van der Waals surface area contributed by atoms with Crippen molar-refractivity contribution in [3.05, 3.63) is 0 Å². The Labute approximate surface area is 89.6 Å². The van der Waals surface area contributed by atoms with E-state index in [1.54, 1.807) is 0 Å². The van der Waals surface area contributed by atoms with Crippen LogP contribution >= 0.6 is 0 Å². The SMILES string of the molecule is O=C1OCCC1CC(=O)N1CCCCC1. The molecule has 0 radical (unpaired) electrons. The zero-order valence-corrected chi connectivity index (χ0v) is 8.91. The minimum absolute atomic E-state index is 0.124. The predicted molar refractivity (Wildman–Crippen MR) is 54.1 cm³/mol. The van der Waals surface area contributed by atoms with Gasteiger partial charge in [-0.3, -0.25) is 9.59 Å². The van der Waals surface area contributed by atoms with E-state index < -0.39 is 0 Å². The van der Waals surface area contributed by atoms with Gasteiger partial charge in [0.1, 0.15) is 0 Å². The Morgan fingerprint density at radius 2 is 2.07 bits per heavy atom. The number of esters is 1. The fourth-order valence-corrected chi connectivity index (χ4v) is 2.21. The number of carbonyl (C=O) groups excluding carboxylic acids is 2. The first-order valence-electron chi connectivity index (χ1n) is 5.72. The first-order valence-corrected chi connectivity index (χ1v) is 5.72. The molecular formula is C11H17NO3. The van der Waals surface area contributed by atoms with Crippen LogP contribution in [-0.2, 0) is 14.3 Å². The van der Waals surface area contributed by atoms with Crippen LogP contribution in [0.25, 0.3) is 0 Å². The molecule has 4 heteroatoms. The molecule has 1 atom stereocenters. The molecule has 0 N–H and O–H groups in total. The van der Waals surface area contributed by atoms with E-state index in [1.807, 2.05) is 4.90 Å². The molecule has 2 fully saturated rings. The third-order valence-corrected chi connectivity index (χ3v) is 3.17. The number of ether oxygens (including phenoxy) is 1. The summed E-state index contributed by atoms with van der Waals surface area (Å²) in [6.45, 7) is 2.21. The van der Waals surface area contributed by atoms with Crippen molar-refractivity contribution in [3.8, 4) is 0 Å². The van der Waals surface area contributed by atoms with Crippen LogP contribution in [0.3, 0.4) is 0 Å². The molecule has 84 valence electrons. The largest absolute Gasteiger partial charge is 0.465 e. The van der Waals surface area contributed by atoms with Crippen LogP contribution in [0, 0.1) is 5.92 Å². The second-order valence-corrected chi connectivity index (χ2v) is 4.30. The number of hydrogen-bond acceptors (Lipinski definition) is 3. The van der Waals surface area contributed by atoms with Gasteiger partial charge in [0, 0.05) is 19.5 Å². The number of carbonyl (C=O) groups is 2. The van der Waals surface area contributed by atoms with Crippen LogP contribution in [0.5, 0.6) is 0 Å². The van der Waals surface area contributed by atoms with Crippen LogP contribution in [0.2, 0.25) is 0 Å². The average molecular weight is 211 g/mol. The van der Waals surface area contributed by atoms with Gasteiger partial charge >= 0.3 is 5.97 Å². The third kappa shape index (κ3) is 2.49. The number of hydrogen-bond donors (Lipinski definition) is 0. The van der Waals surface area contributed by atoms with E-state index in [2.05, 4.69) is 0 Å². The molecule has 0 spiro atoms. The monoisotopic (exact) mass is 211 g/mol. The number of rotatable bonds is 2. The van der Waals surface area contributed by atoms with E-state index in [-0.39, 0.29) is 17.8 Å². The molecule has 0 aliphatic carbocycles. The summed E-state index contributed by atoms with van der Waals surface area (Å²) in [5.74, 6) is -0.252. The summed E-state index contributed by atoms with van der Waals surface area (Å²) in [6.07, 6.45) is 4.47. The lowest BCUT2D eigenvalue weighted by molar-refractivity contribution is -0.144. The lowest BCUT2D eigenvalue weighted by atomic mass is 10.0. The summed E-state index contributed by atoms with van der Waals surface area (Å²) >= 11 is 0. The first kappa shape index (κ1) is 10.5. The van der Waals surface area contributed by atoms with Crippen molar-refractivity contribution in [1.82, 2.24) is 4.90 Å². The van der Waals surface area contributed by atoms with Gasteiger partial charge in [-0.25, -0.2) is 0 Å². The summed E-state index contributed by atoms with van der Waals surface area (Å²) in [5.41, 5.74) is 0. The summed E-state index contributed by atoms with van der Waals surface area (Å²) in [5, 5.41) is 0. The maximum absolute atomic E-state index is 11.8. The molecule has 1 amide bonds. The zero-order valence-electron chi connectivity index (χ0n) is 8.91. The van der Waals surface area contributed by atoms with Crippen molar-refractivity contribution in [3.63, 3.8) is 0 Å². The molecule has 4 nitrogen and oxygen atoms in total. The molecule has 2 heterocycles. The van der Waals surface area contributed by atoms with E-state index >= 15 is 0 Å². The lowest BCUT2D eigenvalue weighted by Crippen LogP contribution is -2.37. The third-order valence-electron chi connectivity index (χ3n) is 3.17. The molecule has 0 aromatic rings. The van der Waals surface area contributed by atoms with Crippen molar-refractivity contribution < 1.29 is 14.3 Å². The normalized spacial score (nSPS) is 26.5. The summed E-state index contributed by atoms with van der Waals surface area (Å²) in [4.78, 5) is 24.9. The predicted octanol–water partition coefficient (Wildman–Crippen LogP) is 0.952. The molecule has 2 saturated heterocycles. The van der Waals surface area contributed by atoms with Gasteiger partial charge in [-0.2, -0.15) is 0 Å². The molecule has 2 rings (SSSR count). The Kier molecular flexibility index (Phi) is 3.23. The van der Waals surface area contributed by atoms with Crippen molar-refractivity contribution in [2.24, 2.45) is 5.92 Å². The van der Waals surface area contributed by atoms with Crippen LogP contribution in [-0.4, -0.2) is 36.5 Å². The van der Waals surface area contributed by atoms with Gasteiger partial charge in [0.15, 0.2) is 0 Å². The minimum atomic E-state index is -0.194. The van der Waals surface area contributed by atoms with Crippen molar-refractivity contribution in [2.75, 3.05) is 19.7 Å². The Morgan fingerprint density at radius 3 is 2.67 bits per heavy atom. The second kappa shape index (κ2) is 4.64. The highest BCUT2D eigenvalue weighted by molar-refractivity contribution is 5.83. The fourth-order valence-electron chi connectivity index (χ4n) is 2.21. The van der Waals surface area contributed by atoms with E-state index in [4.69, 9.17) is 4.74 Å². The Bertz CT molecular complexity index is 259. The molecule has 15 heavy (non-hydrogen) atoms. The highest BCUT2D eigenvalue weighted by Gasteiger charge is 2.30. The number of nitrogens with zero attached hydrogens (tertiary/aromatic N) is 1. The van der Waals surface area contributed by atoms with Crippen LogP contribution in [0.1, 0.15) is 32.1 Å². The number of piperidine rings is 1. The van der Waals surface area contributed by atoms with Crippen LogP contribution in [0.4, 0.5) is 0 Å². The van der Waals surface area contributed by atoms with E-state index in [0.29, 0.717) is 19.4 Å². The van der Waals surface area contributed by atoms with Gasteiger partial charge in [0.2, 0.25) is 5.91 Å². The molecule has 0 aromatic carbocycles. The molecule has 2 aliphatic heterocycles. The van der Waals surface area contributed by atoms with E-state index in [0.717, 1.165) is 25.9 Å². The maximum atomic E-state index is 11.8. The summed E-state index contributed by atoms with van der Waals surface area (Å²) in [6, 6.07) is 0. The zero-order chi connectivity index (χ0) is 10.7. The van der Waals surface area contributed by atoms with Crippen molar-refractivity contribution in [1.29, 1.82) is 0 Å². The number of amides is 1. The van der Waals surface area contributed by atoms with Gasteiger partial charge in [-0.1, -0.05) is 0 Å². The lowest BCUT2D eigenvalue weighted by Gasteiger charge is -2.27. The Morgan fingerprint density at radius 1 is 1.33 bits per heavy atom. The smallest absolute Gasteiger partial charge is 0.309 e. The van der Waals surface area contributed by atoms with Gasteiger partial charge in [-0.15, -0.1) is 0 Å². The summed E-state index contributed by atoms with van der Waals surface area (Å²) < 4.78 is 4.84. The number of likely N-dealkylation sites (tertiary alicyclic amines) is 1. The van der Waals surface area contributed by atoms with Crippen LogP contribution < -0.4 is 0 Å². The van der Waals surface area contributed by atoms with Crippen molar-refractivity contribution in [2.45, 2.75) is 32.1 Å². The number of cyclic esters (lactones) is 1. The average Bonchev–Trinajstić information content (AvgIpc) is 2.66. The minimum Gasteiger partial charge on any atom is -0.465 e. The molecule has 0 saturated carbocycles. The Balaban J connectivity index is 1.82. The van der Waals surface area contributed by atoms with Crippen molar-refractivity contribution >= 4 is 11.9 Å².